The van der Waals surface area contributed by atoms with Crippen molar-refractivity contribution in [3.8, 4) is 6.07 Å². The molecule has 0 fully saturated rings. The first kappa shape index (κ1) is 13.3. The molecule has 0 spiro atoms. The molecule has 0 unspecified atom stereocenters. The van der Waals surface area contributed by atoms with Gasteiger partial charge in [0, 0.05) is 17.6 Å². The molecule has 0 aromatic heterocycles. The molecular weight excluding hydrogens is 232 g/mol. The summed E-state index contributed by atoms with van der Waals surface area (Å²) in [6.45, 7) is 1.81. The highest BCUT2D eigenvalue weighted by molar-refractivity contribution is 6.42. The molecule has 0 amide bonds. The quantitative estimate of drug-likeness (QED) is 0.637. The molecule has 17 heavy (non-hydrogen) atoms. The number of nitrogens with zero attached hydrogens (tertiary/aromatic N) is 2. The molecule has 0 saturated heterocycles. The maximum absolute atomic E-state index is 9.15. The standard InChI is InChI=1S/C12H11BClN3/c1-7-3-8(14)4-9(10(7)5-15)12(17-2)11(13)6-16/h3-4,6H,16H2,1-2H3/b11-6+,17-12?. The van der Waals surface area contributed by atoms with E-state index >= 15 is 0 Å². The first-order valence-electron chi connectivity index (χ1n) is 4.90. The Morgan fingerprint density at radius 1 is 1.59 bits per heavy atom. The van der Waals surface area contributed by atoms with Gasteiger partial charge in [0.15, 0.2) is 0 Å². The van der Waals surface area contributed by atoms with Gasteiger partial charge >= 0.3 is 0 Å². The summed E-state index contributed by atoms with van der Waals surface area (Å²) in [5.41, 5.74) is 8.02. The molecule has 1 aromatic rings. The lowest BCUT2D eigenvalue weighted by molar-refractivity contribution is 1.36. The Bertz CT molecular complexity index is 541. The van der Waals surface area contributed by atoms with Crippen molar-refractivity contribution in [1.82, 2.24) is 0 Å². The second-order valence-electron chi connectivity index (χ2n) is 3.45. The molecule has 1 rings (SSSR count). The van der Waals surface area contributed by atoms with Crippen LogP contribution in [0.25, 0.3) is 0 Å². The molecule has 0 saturated carbocycles. The van der Waals surface area contributed by atoms with Gasteiger partial charge in [-0.3, -0.25) is 4.99 Å². The summed E-state index contributed by atoms with van der Waals surface area (Å²) in [7, 11) is 7.32. The average Bonchev–Trinajstić information content (AvgIpc) is 2.29. The van der Waals surface area contributed by atoms with Gasteiger partial charge in [-0.05, 0) is 30.8 Å². The number of aliphatic imine (C=N–C) groups is 1. The summed E-state index contributed by atoms with van der Waals surface area (Å²) in [6, 6.07) is 5.50. The Hall–Kier alpha value is -1.73. The summed E-state index contributed by atoms with van der Waals surface area (Å²) in [6.07, 6.45) is 1.25. The molecule has 3 nitrogen and oxygen atoms in total. The van der Waals surface area contributed by atoms with Crippen molar-refractivity contribution in [2.75, 3.05) is 7.05 Å². The zero-order valence-corrected chi connectivity index (χ0v) is 10.4. The van der Waals surface area contributed by atoms with Crippen LogP contribution in [0.15, 0.2) is 28.8 Å². The highest BCUT2D eigenvalue weighted by atomic mass is 35.5. The number of nitrogens with two attached hydrogens (primary N) is 1. The zero-order chi connectivity index (χ0) is 13.0. The minimum Gasteiger partial charge on any atom is -0.405 e. The molecule has 5 heteroatoms. The van der Waals surface area contributed by atoms with E-state index in [4.69, 9.17) is 30.4 Å². The van der Waals surface area contributed by atoms with E-state index in [9.17, 15) is 0 Å². The maximum Gasteiger partial charge on any atom is 0.118 e. The molecular formula is C12H11BClN3. The van der Waals surface area contributed by atoms with Crippen molar-refractivity contribution < 1.29 is 0 Å². The van der Waals surface area contributed by atoms with Gasteiger partial charge in [-0.25, -0.2) is 0 Å². The Kier molecular flexibility index (Phi) is 4.36. The van der Waals surface area contributed by atoms with Crippen LogP contribution in [0.3, 0.4) is 0 Å². The third-order valence-electron chi connectivity index (χ3n) is 2.34. The summed E-state index contributed by atoms with van der Waals surface area (Å²) in [5.74, 6) is 0. The van der Waals surface area contributed by atoms with Gasteiger partial charge in [0.1, 0.15) is 13.9 Å². The van der Waals surface area contributed by atoms with Crippen LogP contribution in [-0.4, -0.2) is 20.6 Å². The minimum absolute atomic E-state index is 0.311. The largest absolute Gasteiger partial charge is 0.405 e. The van der Waals surface area contributed by atoms with Gasteiger partial charge in [-0.15, -0.1) is 0 Å². The number of benzene rings is 1. The molecule has 0 heterocycles. The van der Waals surface area contributed by atoms with E-state index < -0.39 is 0 Å². The first-order valence-corrected chi connectivity index (χ1v) is 5.28. The predicted octanol–water partition coefficient (Wildman–Crippen LogP) is 1.91. The second-order valence-corrected chi connectivity index (χ2v) is 3.89. The van der Waals surface area contributed by atoms with Crippen molar-refractivity contribution in [3.63, 3.8) is 0 Å². The van der Waals surface area contributed by atoms with E-state index in [-0.39, 0.29) is 0 Å². The summed E-state index contributed by atoms with van der Waals surface area (Å²) in [5, 5.41) is 9.68. The van der Waals surface area contributed by atoms with Crippen LogP contribution in [0.4, 0.5) is 0 Å². The van der Waals surface area contributed by atoms with Crippen molar-refractivity contribution >= 4 is 25.2 Å². The number of hydrogen-bond donors (Lipinski definition) is 1. The summed E-state index contributed by atoms with van der Waals surface area (Å²) >= 11 is 5.97. The second kappa shape index (κ2) is 5.56. The van der Waals surface area contributed by atoms with E-state index in [2.05, 4.69) is 11.1 Å². The molecule has 0 aliphatic carbocycles. The minimum atomic E-state index is 0.311. The molecule has 1 aromatic carbocycles. The highest BCUT2D eigenvalue weighted by Crippen LogP contribution is 2.22. The van der Waals surface area contributed by atoms with Crippen LogP contribution in [0.2, 0.25) is 5.02 Å². The van der Waals surface area contributed by atoms with E-state index in [1.807, 2.05) is 6.92 Å². The van der Waals surface area contributed by atoms with E-state index in [1.54, 1.807) is 19.2 Å². The maximum atomic E-state index is 9.15. The molecule has 0 aliphatic rings. The van der Waals surface area contributed by atoms with Crippen molar-refractivity contribution in [2.45, 2.75) is 6.92 Å². The van der Waals surface area contributed by atoms with E-state index in [1.165, 1.54) is 6.20 Å². The summed E-state index contributed by atoms with van der Waals surface area (Å²) < 4.78 is 0. The topological polar surface area (TPSA) is 62.2 Å². The van der Waals surface area contributed by atoms with Crippen LogP contribution >= 0.6 is 11.6 Å². The van der Waals surface area contributed by atoms with E-state index in [0.29, 0.717) is 27.3 Å². The lowest BCUT2D eigenvalue weighted by atomic mass is 9.85. The Balaban J connectivity index is 3.56. The third-order valence-corrected chi connectivity index (χ3v) is 2.56. The molecule has 2 radical (unpaired) electrons. The Labute approximate surface area is 107 Å². The van der Waals surface area contributed by atoms with Crippen molar-refractivity contribution in [3.05, 3.63) is 45.5 Å². The van der Waals surface area contributed by atoms with Crippen LogP contribution < -0.4 is 5.73 Å². The fourth-order valence-electron chi connectivity index (χ4n) is 1.56. The molecule has 0 aliphatic heterocycles. The van der Waals surface area contributed by atoms with Crippen molar-refractivity contribution in [2.24, 2.45) is 10.7 Å². The predicted molar refractivity (Wildman–Crippen MR) is 71.4 cm³/mol. The highest BCUT2D eigenvalue weighted by Gasteiger charge is 2.13. The summed E-state index contributed by atoms with van der Waals surface area (Å²) in [4.78, 5) is 4.05. The van der Waals surface area contributed by atoms with Gasteiger partial charge in [-0.2, -0.15) is 5.26 Å². The van der Waals surface area contributed by atoms with E-state index in [0.717, 1.165) is 5.56 Å². The third kappa shape index (κ3) is 2.69. The zero-order valence-electron chi connectivity index (χ0n) is 9.66. The SMILES string of the molecule is [B]/C(=C/N)C(=NC)c1cc(Cl)cc(C)c1C#N. The van der Waals surface area contributed by atoms with Crippen LogP contribution in [0.1, 0.15) is 16.7 Å². The monoisotopic (exact) mass is 243 g/mol. The van der Waals surface area contributed by atoms with Crippen LogP contribution in [0, 0.1) is 18.3 Å². The van der Waals surface area contributed by atoms with Gasteiger partial charge in [0.25, 0.3) is 0 Å². The molecule has 84 valence electrons. The van der Waals surface area contributed by atoms with Crippen LogP contribution in [-0.2, 0) is 0 Å². The lowest BCUT2D eigenvalue weighted by Crippen LogP contribution is -2.10. The molecule has 0 bridgehead atoms. The molecule has 0 atom stereocenters. The fourth-order valence-corrected chi connectivity index (χ4v) is 1.84. The van der Waals surface area contributed by atoms with Gasteiger partial charge < -0.3 is 5.73 Å². The van der Waals surface area contributed by atoms with Gasteiger partial charge in [-0.1, -0.05) is 17.1 Å². The average molecular weight is 244 g/mol. The van der Waals surface area contributed by atoms with Crippen molar-refractivity contribution in [1.29, 1.82) is 5.26 Å². The lowest BCUT2D eigenvalue weighted by Gasteiger charge is -2.11. The number of hydrogen-bond acceptors (Lipinski definition) is 3. The molecule has 2 N–H and O–H groups in total. The number of nitriles is 1. The Morgan fingerprint density at radius 2 is 2.24 bits per heavy atom. The number of aryl methyl sites for hydroxylation is 1. The Morgan fingerprint density at radius 3 is 2.71 bits per heavy atom. The van der Waals surface area contributed by atoms with Gasteiger partial charge in [0.2, 0.25) is 0 Å². The van der Waals surface area contributed by atoms with Crippen LogP contribution in [0.5, 0.6) is 0 Å². The normalized spacial score (nSPS) is 12.4. The number of allylic oxidation sites excluding steroid dienone is 1. The number of rotatable bonds is 2. The first-order chi connectivity index (χ1) is 8.04. The number of halogens is 1. The fraction of sp³-hybridized carbons (Fsp3) is 0.167. The smallest absolute Gasteiger partial charge is 0.118 e. The van der Waals surface area contributed by atoms with Gasteiger partial charge in [0.05, 0.1) is 11.3 Å².